The number of nitrogens with one attached hydrogen (secondary N) is 1. The second kappa shape index (κ2) is 8.94. The molecular formula is C20H17N3O3. The van der Waals surface area contributed by atoms with Gasteiger partial charge in [0.25, 0.3) is 11.6 Å². The first kappa shape index (κ1) is 18.6. The zero-order valence-corrected chi connectivity index (χ0v) is 14.1. The van der Waals surface area contributed by atoms with E-state index in [2.05, 4.69) is 5.32 Å². The van der Waals surface area contributed by atoms with Gasteiger partial charge in [-0.25, -0.2) is 0 Å². The van der Waals surface area contributed by atoms with Gasteiger partial charge in [-0.15, -0.1) is 0 Å². The monoisotopic (exact) mass is 347 g/mol. The number of para-hydroxylation sites is 1. The van der Waals surface area contributed by atoms with Crippen LogP contribution < -0.4 is 5.32 Å². The number of amides is 1. The number of nitriles is 1. The molecule has 6 heteroatoms. The van der Waals surface area contributed by atoms with Crippen molar-refractivity contribution in [1.29, 1.82) is 5.26 Å². The van der Waals surface area contributed by atoms with E-state index in [1.165, 1.54) is 24.3 Å². The van der Waals surface area contributed by atoms with E-state index in [-0.39, 0.29) is 17.3 Å². The predicted octanol–water partition coefficient (Wildman–Crippen LogP) is 3.94. The quantitative estimate of drug-likeness (QED) is 0.281. The number of rotatable bonds is 6. The molecule has 1 N–H and O–H groups in total. The van der Waals surface area contributed by atoms with Gasteiger partial charge in [0.2, 0.25) is 0 Å². The van der Waals surface area contributed by atoms with Crippen LogP contribution in [0.3, 0.4) is 0 Å². The number of hydrogen-bond donors (Lipinski definition) is 1. The summed E-state index contributed by atoms with van der Waals surface area (Å²) in [4.78, 5) is 22.7. The van der Waals surface area contributed by atoms with Gasteiger partial charge in [0, 0.05) is 6.07 Å². The minimum absolute atomic E-state index is 0.0437. The van der Waals surface area contributed by atoms with E-state index in [1.54, 1.807) is 18.2 Å². The van der Waals surface area contributed by atoms with E-state index < -0.39 is 10.8 Å². The molecule has 0 aliphatic heterocycles. The average molecular weight is 347 g/mol. The van der Waals surface area contributed by atoms with Crippen LogP contribution in [0.1, 0.15) is 24.1 Å². The maximum atomic E-state index is 12.2. The molecule has 0 aliphatic carbocycles. The topological polar surface area (TPSA) is 96.0 Å². The number of benzene rings is 2. The molecule has 0 saturated carbocycles. The molecule has 0 unspecified atom stereocenters. The fourth-order valence-corrected chi connectivity index (χ4v) is 2.31. The molecule has 1 atom stereocenters. The van der Waals surface area contributed by atoms with E-state index in [0.717, 1.165) is 5.56 Å². The third-order valence-corrected chi connectivity index (χ3v) is 3.68. The lowest BCUT2D eigenvalue weighted by Crippen LogP contribution is -2.27. The largest absolute Gasteiger partial charge is 0.345 e. The van der Waals surface area contributed by atoms with Crippen molar-refractivity contribution in [2.45, 2.75) is 13.0 Å². The maximum absolute atomic E-state index is 12.2. The number of carbonyl (C=O) groups is 1. The van der Waals surface area contributed by atoms with Crippen molar-refractivity contribution < 1.29 is 9.72 Å². The minimum Gasteiger partial charge on any atom is -0.345 e. The Bertz CT molecular complexity index is 896. The number of nitro groups is 1. The van der Waals surface area contributed by atoms with Crippen LogP contribution in [0.4, 0.5) is 5.69 Å². The Morgan fingerprint density at radius 1 is 1.19 bits per heavy atom. The molecule has 2 aromatic rings. The minimum atomic E-state index is -0.504. The zero-order valence-electron chi connectivity index (χ0n) is 14.1. The highest BCUT2D eigenvalue weighted by Crippen LogP contribution is 2.19. The predicted molar refractivity (Wildman–Crippen MR) is 98.8 cm³/mol. The second-order valence-electron chi connectivity index (χ2n) is 5.47. The van der Waals surface area contributed by atoms with Gasteiger partial charge in [-0.05, 0) is 30.7 Å². The molecule has 0 heterocycles. The molecule has 0 bridgehead atoms. The van der Waals surface area contributed by atoms with Crippen LogP contribution in [0.25, 0.3) is 6.08 Å². The highest BCUT2D eigenvalue weighted by molar-refractivity contribution is 5.97. The molecule has 0 radical (unpaired) electrons. The van der Waals surface area contributed by atoms with Gasteiger partial charge in [0.15, 0.2) is 0 Å². The normalized spacial score (nSPS) is 12.4. The summed E-state index contributed by atoms with van der Waals surface area (Å²) >= 11 is 0. The summed E-state index contributed by atoms with van der Waals surface area (Å²) in [6.07, 6.45) is 4.28. The summed E-state index contributed by atoms with van der Waals surface area (Å²) in [6, 6.07) is 17.2. The van der Waals surface area contributed by atoms with Crippen LogP contribution in [0.2, 0.25) is 0 Å². The average Bonchev–Trinajstić information content (AvgIpc) is 2.66. The van der Waals surface area contributed by atoms with Gasteiger partial charge in [0.05, 0.1) is 16.5 Å². The van der Waals surface area contributed by atoms with Crippen LogP contribution in [0.5, 0.6) is 0 Å². The fraction of sp³-hybridized carbons (Fsp3) is 0.100. The molecule has 1 amide bonds. The van der Waals surface area contributed by atoms with Crippen molar-refractivity contribution >= 4 is 17.7 Å². The summed E-state index contributed by atoms with van der Waals surface area (Å²) in [6.45, 7) is 1.82. The van der Waals surface area contributed by atoms with Crippen molar-refractivity contribution in [2.24, 2.45) is 0 Å². The summed E-state index contributed by atoms with van der Waals surface area (Å²) < 4.78 is 0. The summed E-state index contributed by atoms with van der Waals surface area (Å²) in [5.74, 6) is -0.504. The van der Waals surface area contributed by atoms with Crippen molar-refractivity contribution in [2.75, 3.05) is 0 Å². The molecule has 0 aliphatic rings. The molecule has 0 saturated heterocycles. The molecule has 0 spiro atoms. The summed E-state index contributed by atoms with van der Waals surface area (Å²) in [7, 11) is 0. The van der Waals surface area contributed by atoms with Gasteiger partial charge in [-0.3, -0.25) is 14.9 Å². The second-order valence-corrected chi connectivity index (χ2v) is 5.47. The van der Waals surface area contributed by atoms with Gasteiger partial charge in [0.1, 0.15) is 11.6 Å². The fourth-order valence-electron chi connectivity index (χ4n) is 2.31. The zero-order chi connectivity index (χ0) is 18.9. The lowest BCUT2D eigenvalue weighted by Gasteiger charge is -2.13. The molecule has 26 heavy (non-hydrogen) atoms. The van der Waals surface area contributed by atoms with Crippen LogP contribution in [0, 0.1) is 21.4 Å². The number of allylic oxidation sites excluding steroid dienone is 2. The molecule has 6 nitrogen and oxygen atoms in total. The molecular weight excluding hydrogens is 330 g/mol. The SMILES string of the molecule is C[C@@H](NC(=O)/C(C#N)=C\C=C\c1ccccc1[N+](=O)[O-])c1ccccc1. The molecule has 130 valence electrons. The van der Waals surface area contributed by atoms with E-state index >= 15 is 0 Å². The highest BCUT2D eigenvalue weighted by Gasteiger charge is 2.13. The number of nitro benzene ring substituents is 1. The first-order valence-electron chi connectivity index (χ1n) is 7.90. The van der Waals surface area contributed by atoms with Gasteiger partial charge >= 0.3 is 0 Å². The number of carbonyl (C=O) groups excluding carboxylic acids is 1. The van der Waals surface area contributed by atoms with E-state index in [1.807, 2.05) is 43.3 Å². The molecule has 2 rings (SSSR count). The Balaban J connectivity index is 2.12. The lowest BCUT2D eigenvalue weighted by molar-refractivity contribution is -0.385. The van der Waals surface area contributed by atoms with Crippen molar-refractivity contribution in [3.63, 3.8) is 0 Å². The smallest absolute Gasteiger partial charge is 0.276 e. The van der Waals surface area contributed by atoms with Gasteiger partial charge in [-0.2, -0.15) is 5.26 Å². The van der Waals surface area contributed by atoms with Crippen molar-refractivity contribution in [3.8, 4) is 6.07 Å². The third kappa shape index (κ3) is 4.89. The number of nitrogens with zero attached hydrogens (tertiary/aromatic N) is 2. The number of hydrogen-bond acceptors (Lipinski definition) is 4. The Labute approximate surface area is 151 Å². The molecule has 0 fully saturated rings. The first-order valence-corrected chi connectivity index (χ1v) is 7.90. The lowest BCUT2D eigenvalue weighted by atomic mass is 10.1. The Morgan fingerprint density at radius 2 is 1.85 bits per heavy atom. The maximum Gasteiger partial charge on any atom is 0.276 e. The van der Waals surface area contributed by atoms with E-state index in [9.17, 15) is 20.2 Å². The highest BCUT2D eigenvalue weighted by atomic mass is 16.6. The standard InChI is InChI=1S/C20H17N3O3/c1-15(16-8-3-2-4-9-16)22-20(24)18(14-21)12-7-11-17-10-5-6-13-19(17)23(25)26/h2-13,15H,1H3,(H,22,24)/b11-7+,18-12-/t15-/m1/s1. The van der Waals surface area contributed by atoms with E-state index in [0.29, 0.717) is 5.56 Å². The van der Waals surface area contributed by atoms with Crippen LogP contribution in [-0.2, 0) is 4.79 Å². The molecule has 0 aromatic heterocycles. The van der Waals surface area contributed by atoms with Gasteiger partial charge in [-0.1, -0.05) is 48.5 Å². The Kier molecular flexibility index (Phi) is 6.40. The van der Waals surface area contributed by atoms with Crippen LogP contribution in [0.15, 0.2) is 72.3 Å². The van der Waals surface area contributed by atoms with Crippen molar-refractivity contribution in [1.82, 2.24) is 5.32 Å². The Hall–Kier alpha value is -3.72. The first-order chi connectivity index (χ1) is 12.5. The van der Waals surface area contributed by atoms with Crippen molar-refractivity contribution in [3.05, 3.63) is 93.6 Å². The van der Waals surface area contributed by atoms with Crippen LogP contribution in [-0.4, -0.2) is 10.8 Å². The summed E-state index contributed by atoms with van der Waals surface area (Å²) in [5.41, 5.74) is 1.19. The van der Waals surface area contributed by atoms with E-state index in [4.69, 9.17) is 0 Å². The third-order valence-electron chi connectivity index (χ3n) is 3.68. The molecule has 2 aromatic carbocycles. The van der Waals surface area contributed by atoms with Gasteiger partial charge < -0.3 is 5.32 Å². The van der Waals surface area contributed by atoms with Crippen LogP contribution >= 0.6 is 0 Å². The Morgan fingerprint density at radius 3 is 2.50 bits per heavy atom. The summed E-state index contributed by atoms with van der Waals surface area (Å²) in [5, 5.41) is 22.9.